The van der Waals surface area contributed by atoms with Crippen LogP contribution >= 0.6 is 0 Å². The SMILES string of the molecule is CC(C)(C)C1CCC(Oc2ccccc2-c2ccc3c(c2)CN(CC(=O)O)C3)CC1. The third kappa shape index (κ3) is 4.70. The normalized spacial score (nSPS) is 22.0. The van der Waals surface area contributed by atoms with Gasteiger partial charge in [0.25, 0.3) is 0 Å². The van der Waals surface area contributed by atoms with Crippen LogP contribution in [-0.4, -0.2) is 28.6 Å². The second kappa shape index (κ2) is 8.43. The predicted octanol–water partition coefficient (Wildman–Crippen LogP) is 5.74. The topological polar surface area (TPSA) is 49.8 Å². The van der Waals surface area contributed by atoms with Gasteiger partial charge in [-0.05, 0) is 65.8 Å². The highest BCUT2D eigenvalue weighted by atomic mass is 16.5. The van der Waals surface area contributed by atoms with Crippen molar-refractivity contribution in [1.29, 1.82) is 0 Å². The van der Waals surface area contributed by atoms with Crippen molar-refractivity contribution in [3.05, 3.63) is 53.6 Å². The Morgan fingerprint density at radius 2 is 1.73 bits per heavy atom. The number of hydrogen-bond acceptors (Lipinski definition) is 3. The highest BCUT2D eigenvalue weighted by Gasteiger charge is 2.30. The Labute approximate surface area is 179 Å². The molecule has 4 rings (SSSR count). The maximum absolute atomic E-state index is 11.0. The van der Waals surface area contributed by atoms with Gasteiger partial charge in [-0.2, -0.15) is 0 Å². The van der Waals surface area contributed by atoms with Gasteiger partial charge in [0.05, 0.1) is 12.6 Å². The number of ether oxygens (including phenoxy) is 1. The van der Waals surface area contributed by atoms with Gasteiger partial charge in [0.1, 0.15) is 5.75 Å². The summed E-state index contributed by atoms with van der Waals surface area (Å²) in [6.45, 7) is 8.52. The minimum atomic E-state index is -0.775. The number of carbonyl (C=O) groups is 1. The van der Waals surface area contributed by atoms with Crippen LogP contribution in [0.4, 0.5) is 0 Å². The summed E-state index contributed by atoms with van der Waals surface area (Å²) < 4.78 is 6.51. The lowest BCUT2D eigenvalue weighted by molar-refractivity contribution is -0.138. The summed E-state index contributed by atoms with van der Waals surface area (Å²) >= 11 is 0. The summed E-state index contributed by atoms with van der Waals surface area (Å²) in [7, 11) is 0. The van der Waals surface area contributed by atoms with E-state index < -0.39 is 5.97 Å². The van der Waals surface area contributed by atoms with Gasteiger partial charge in [-0.3, -0.25) is 9.69 Å². The van der Waals surface area contributed by atoms with Gasteiger partial charge in [0.2, 0.25) is 0 Å². The molecule has 160 valence electrons. The molecule has 1 heterocycles. The maximum Gasteiger partial charge on any atom is 0.317 e. The lowest BCUT2D eigenvalue weighted by Crippen LogP contribution is -2.30. The first-order valence-electron chi connectivity index (χ1n) is 11.1. The van der Waals surface area contributed by atoms with Crippen molar-refractivity contribution in [2.75, 3.05) is 6.54 Å². The van der Waals surface area contributed by atoms with Crippen LogP contribution in [-0.2, 0) is 17.9 Å². The van der Waals surface area contributed by atoms with Crippen LogP contribution in [0.2, 0.25) is 0 Å². The van der Waals surface area contributed by atoms with E-state index in [1.54, 1.807) is 0 Å². The first kappa shape index (κ1) is 20.9. The fourth-order valence-corrected chi connectivity index (χ4v) is 4.97. The van der Waals surface area contributed by atoms with Crippen LogP contribution in [0.1, 0.15) is 57.6 Å². The van der Waals surface area contributed by atoms with E-state index in [0.29, 0.717) is 18.5 Å². The number of benzene rings is 2. The molecule has 0 bridgehead atoms. The van der Waals surface area contributed by atoms with Gasteiger partial charge in [-0.25, -0.2) is 0 Å². The largest absolute Gasteiger partial charge is 0.490 e. The molecule has 0 unspecified atom stereocenters. The second-order valence-electron chi connectivity index (χ2n) is 9.98. The zero-order valence-corrected chi connectivity index (χ0v) is 18.4. The van der Waals surface area contributed by atoms with Crippen LogP contribution in [0.5, 0.6) is 5.75 Å². The van der Waals surface area contributed by atoms with Crippen LogP contribution < -0.4 is 4.74 Å². The molecule has 0 atom stereocenters. The second-order valence-corrected chi connectivity index (χ2v) is 9.98. The van der Waals surface area contributed by atoms with E-state index in [4.69, 9.17) is 9.84 Å². The zero-order chi connectivity index (χ0) is 21.3. The fourth-order valence-electron chi connectivity index (χ4n) is 4.97. The third-order valence-corrected chi connectivity index (χ3v) is 6.74. The molecule has 2 aliphatic rings. The number of nitrogens with zero attached hydrogens (tertiary/aromatic N) is 1. The van der Waals surface area contributed by atoms with Gasteiger partial charge >= 0.3 is 5.97 Å². The summed E-state index contributed by atoms with van der Waals surface area (Å²) in [5, 5.41) is 9.08. The standard InChI is InChI=1S/C26H33NO3/c1-26(2,3)21-10-12-22(13-11-21)30-24-7-5-4-6-23(24)18-8-9-19-15-27(17-25(28)29)16-20(19)14-18/h4-9,14,21-22H,10-13,15-17H2,1-3H3,(H,28,29). The molecule has 2 aromatic carbocycles. The molecule has 1 aliphatic carbocycles. The van der Waals surface area contributed by atoms with E-state index >= 15 is 0 Å². The van der Waals surface area contributed by atoms with E-state index in [1.165, 1.54) is 24.0 Å². The van der Waals surface area contributed by atoms with Crippen molar-refractivity contribution in [3.63, 3.8) is 0 Å². The van der Waals surface area contributed by atoms with Gasteiger partial charge < -0.3 is 9.84 Å². The quantitative estimate of drug-likeness (QED) is 0.687. The molecule has 0 saturated heterocycles. The molecule has 30 heavy (non-hydrogen) atoms. The van der Waals surface area contributed by atoms with Crippen molar-refractivity contribution in [3.8, 4) is 16.9 Å². The fraction of sp³-hybridized carbons (Fsp3) is 0.500. The molecule has 4 heteroatoms. The van der Waals surface area contributed by atoms with Crippen molar-refractivity contribution < 1.29 is 14.6 Å². The van der Waals surface area contributed by atoms with E-state index in [2.05, 4.69) is 57.2 Å². The number of para-hydroxylation sites is 1. The number of fused-ring (bicyclic) bond motifs is 1. The van der Waals surface area contributed by atoms with Crippen LogP contribution in [0.25, 0.3) is 11.1 Å². The average Bonchev–Trinajstić information content (AvgIpc) is 3.08. The van der Waals surface area contributed by atoms with Gasteiger partial charge in [0.15, 0.2) is 0 Å². The minimum Gasteiger partial charge on any atom is -0.490 e. The minimum absolute atomic E-state index is 0.0843. The van der Waals surface area contributed by atoms with Crippen molar-refractivity contribution in [2.45, 2.75) is 65.6 Å². The Balaban J connectivity index is 1.48. The van der Waals surface area contributed by atoms with Crippen LogP contribution in [0.15, 0.2) is 42.5 Å². The van der Waals surface area contributed by atoms with E-state index in [9.17, 15) is 4.79 Å². The molecule has 0 aromatic heterocycles. The number of hydrogen-bond donors (Lipinski definition) is 1. The Kier molecular flexibility index (Phi) is 5.88. The monoisotopic (exact) mass is 407 g/mol. The number of rotatable bonds is 5. The molecule has 1 N–H and O–H groups in total. The molecule has 1 saturated carbocycles. The van der Waals surface area contributed by atoms with E-state index in [0.717, 1.165) is 35.6 Å². The van der Waals surface area contributed by atoms with Gasteiger partial charge in [-0.1, -0.05) is 51.1 Å². The molecule has 1 fully saturated rings. The first-order valence-corrected chi connectivity index (χ1v) is 11.1. The molecule has 0 spiro atoms. The number of carboxylic acids is 1. The average molecular weight is 408 g/mol. The molecular formula is C26H33NO3. The van der Waals surface area contributed by atoms with Crippen LogP contribution in [0.3, 0.4) is 0 Å². The van der Waals surface area contributed by atoms with Crippen molar-refractivity contribution >= 4 is 5.97 Å². The highest BCUT2D eigenvalue weighted by molar-refractivity contribution is 5.72. The highest BCUT2D eigenvalue weighted by Crippen LogP contribution is 2.40. The Morgan fingerprint density at radius 1 is 1.03 bits per heavy atom. The number of aliphatic carboxylic acids is 1. The van der Waals surface area contributed by atoms with Crippen LogP contribution in [0, 0.1) is 11.3 Å². The van der Waals surface area contributed by atoms with E-state index in [-0.39, 0.29) is 12.6 Å². The lowest BCUT2D eigenvalue weighted by atomic mass is 9.72. The molecule has 4 nitrogen and oxygen atoms in total. The molecule has 0 radical (unpaired) electrons. The third-order valence-electron chi connectivity index (χ3n) is 6.74. The van der Waals surface area contributed by atoms with Crippen molar-refractivity contribution in [1.82, 2.24) is 4.90 Å². The lowest BCUT2D eigenvalue weighted by Gasteiger charge is -2.37. The summed E-state index contributed by atoms with van der Waals surface area (Å²) in [5.41, 5.74) is 5.08. The van der Waals surface area contributed by atoms with Gasteiger partial charge in [-0.15, -0.1) is 0 Å². The summed E-state index contributed by atoms with van der Waals surface area (Å²) in [4.78, 5) is 13.0. The summed E-state index contributed by atoms with van der Waals surface area (Å²) in [6.07, 6.45) is 4.98. The Hall–Kier alpha value is -2.33. The number of carboxylic acid groups (broad SMARTS) is 1. The maximum atomic E-state index is 11.0. The van der Waals surface area contributed by atoms with Gasteiger partial charge in [0, 0.05) is 18.7 Å². The molecule has 2 aromatic rings. The zero-order valence-electron chi connectivity index (χ0n) is 18.4. The smallest absolute Gasteiger partial charge is 0.317 e. The predicted molar refractivity (Wildman–Crippen MR) is 119 cm³/mol. The van der Waals surface area contributed by atoms with E-state index in [1.807, 2.05) is 11.0 Å². The summed E-state index contributed by atoms with van der Waals surface area (Å²) in [6, 6.07) is 14.8. The molecular weight excluding hydrogens is 374 g/mol. The summed E-state index contributed by atoms with van der Waals surface area (Å²) in [5.74, 6) is 0.957. The first-order chi connectivity index (χ1) is 14.3. The Bertz CT molecular complexity index is 907. The van der Waals surface area contributed by atoms with Crippen molar-refractivity contribution in [2.24, 2.45) is 11.3 Å². The molecule has 0 amide bonds. The molecule has 1 aliphatic heterocycles. The Morgan fingerprint density at radius 3 is 2.43 bits per heavy atom.